The molecule has 0 unspecified atom stereocenters. The fourth-order valence-corrected chi connectivity index (χ4v) is 2.39. The maximum Gasteiger partial charge on any atom is 0.0760 e. The third-order valence-electron chi connectivity index (χ3n) is 4.01. The van der Waals surface area contributed by atoms with Gasteiger partial charge in [0.25, 0.3) is 0 Å². The topological polar surface area (TPSA) is 46.2 Å². The summed E-state index contributed by atoms with van der Waals surface area (Å²) >= 11 is 0. The van der Waals surface area contributed by atoms with Crippen molar-refractivity contribution in [3.63, 3.8) is 0 Å². The van der Waals surface area contributed by atoms with Crippen molar-refractivity contribution >= 4 is 12.4 Å². The van der Waals surface area contributed by atoms with E-state index in [4.69, 9.17) is 5.73 Å². The molecule has 1 saturated carbocycles. The van der Waals surface area contributed by atoms with E-state index in [2.05, 4.69) is 19.9 Å². The van der Waals surface area contributed by atoms with Gasteiger partial charge in [-0.25, -0.2) is 0 Å². The molecule has 96 valence electrons. The Morgan fingerprint density at radius 2 is 1.94 bits per heavy atom. The standard InChI is InChI=1S/C14H21NO.ClH/c1-9-5-3-8-12(10(9)2)13(15)14(16)11-6-4-7-11;/h3,5,8,11,13-14,16H,4,6-7,15H2,1-2H3;1H/t13-,14+;/m0./s1. The van der Waals surface area contributed by atoms with Gasteiger partial charge in [-0.15, -0.1) is 12.4 Å². The van der Waals surface area contributed by atoms with Gasteiger partial charge in [-0.3, -0.25) is 0 Å². The number of benzene rings is 1. The zero-order valence-corrected chi connectivity index (χ0v) is 11.3. The Balaban J connectivity index is 0.00000144. The Kier molecular flexibility index (Phi) is 4.99. The number of hydrogen-bond donors (Lipinski definition) is 2. The first-order valence-electron chi connectivity index (χ1n) is 6.11. The summed E-state index contributed by atoms with van der Waals surface area (Å²) in [7, 11) is 0. The normalized spacial score (nSPS) is 19.1. The molecular formula is C14H22ClNO. The summed E-state index contributed by atoms with van der Waals surface area (Å²) in [6.07, 6.45) is 3.11. The number of hydrogen-bond acceptors (Lipinski definition) is 2. The number of nitrogens with two attached hydrogens (primary N) is 1. The van der Waals surface area contributed by atoms with Crippen LogP contribution in [0.15, 0.2) is 18.2 Å². The minimum Gasteiger partial charge on any atom is -0.391 e. The van der Waals surface area contributed by atoms with Crippen LogP contribution in [0.1, 0.15) is 42.0 Å². The molecule has 2 rings (SSSR count). The molecule has 3 N–H and O–H groups in total. The van der Waals surface area contributed by atoms with Crippen LogP contribution in [0.5, 0.6) is 0 Å². The van der Waals surface area contributed by atoms with E-state index in [9.17, 15) is 5.11 Å². The first kappa shape index (κ1) is 14.5. The summed E-state index contributed by atoms with van der Waals surface area (Å²) in [6, 6.07) is 5.91. The lowest BCUT2D eigenvalue weighted by molar-refractivity contribution is 0.0412. The fourth-order valence-electron chi connectivity index (χ4n) is 2.39. The number of halogens is 1. The van der Waals surface area contributed by atoms with Crippen molar-refractivity contribution in [1.82, 2.24) is 0 Å². The molecule has 1 aliphatic carbocycles. The van der Waals surface area contributed by atoms with Crippen LogP contribution in [-0.4, -0.2) is 11.2 Å². The van der Waals surface area contributed by atoms with Gasteiger partial charge in [-0.05, 0) is 49.3 Å². The molecule has 2 atom stereocenters. The minimum atomic E-state index is -0.380. The van der Waals surface area contributed by atoms with Crippen molar-refractivity contribution < 1.29 is 5.11 Å². The molecular weight excluding hydrogens is 234 g/mol. The lowest BCUT2D eigenvalue weighted by Gasteiger charge is -2.34. The molecule has 0 aromatic heterocycles. The van der Waals surface area contributed by atoms with Crippen molar-refractivity contribution in [3.05, 3.63) is 34.9 Å². The van der Waals surface area contributed by atoms with E-state index in [1.54, 1.807) is 0 Å². The van der Waals surface area contributed by atoms with Gasteiger partial charge in [0.1, 0.15) is 0 Å². The molecule has 2 nitrogen and oxygen atoms in total. The van der Waals surface area contributed by atoms with Crippen LogP contribution in [0.4, 0.5) is 0 Å². The Labute approximate surface area is 110 Å². The quantitative estimate of drug-likeness (QED) is 0.873. The van der Waals surface area contributed by atoms with Gasteiger partial charge >= 0.3 is 0 Å². The van der Waals surface area contributed by atoms with Crippen molar-refractivity contribution in [2.75, 3.05) is 0 Å². The van der Waals surface area contributed by atoms with Gasteiger partial charge < -0.3 is 10.8 Å². The van der Waals surface area contributed by atoms with Crippen LogP contribution in [0.2, 0.25) is 0 Å². The van der Waals surface area contributed by atoms with E-state index in [1.165, 1.54) is 17.5 Å². The Morgan fingerprint density at radius 3 is 2.47 bits per heavy atom. The first-order valence-corrected chi connectivity index (χ1v) is 6.11. The molecule has 0 spiro atoms. The highest BCUT2D eigenvalue weighted by atomic mass is 35.5. The van der Waals surface area contributed by atoms with E-state index in [0.717, 1.165) is 18.4 Å². The monoisotopic (exact) mass is 255 g/mol. The molecule has 0 bridgehead atoms. The second-order valence-electron chi connectivity index (χ2n) is 5.00. The second kappa shape index (κ2) is 5.85. The fraction of sp³-hybridized carbons (Fsp3) is 0.571. The number of aliphatic hydroxyl groups is 1. The molecule has 0 heterocycles. The lowest BCUT2D eigenvalue weighted by atomic mass is 9.77. The first-order chi connectivity index (χ1) is 7.61. The highest BCUT2D eigenvalue weighted by Gasteiger charge is 2.31. The highest BCUT2D eigenvalue weighted by molar-refractivity contribution is 5.85. The van der Waals surface area contributed by atoms with E-state index < -0.39 is 0 Å². The van der Waals surface area contributed by atoms with Crippen LogP contribution in [0, 0.1) is 19.8 Å². The molecule has 1 aromatic carbocycles. The average molecular weight is 256 g/mol. The number of aliphatic hydroxyl groups excluding tert-OH is 1. The van der Waals surface area contributed by atoms with Crippen molar-refractivity contribution in [2.45, 2.75) is 45.3 Å². The summed E-state index contributed by atoms with van der Waals surface area (Å²) in [6.45, 7) is 4.17. The summed E-state index contributed by atoms with van der Waals surface area (Å²) in [5, 5.41) is 10.2. The number of aryl methyl sites for hydroxylation is 1. The third kappa shape index (κ3) is 2.82. The Hall–Kier alpha value is -0.570. The maximum absolute atomic E-state index is 10.2. The van der Waals surface area contributed by atoms with Gasteiger partial charge in [-0.2, -0.15) is 0 Å². The highest BCUT2D eigenvalue weighted by Crippen LogP contribution is 2.35. The van der Waals surface area contributed by atoms with Crippen LogP contribution < -0.4 is 5.73 Å². The van der Waals surface area contributed by atoms with E-state index >= 15 is 0 Å². The van der Waals surface area contributed by atoms with Gasteiger partial charge in [0.15, 0.2) is 0 Å². The molecule has 1 fully saturated rings. The third-order valence-corrected chi connectivity index (χ3v) is 4.01. The van der Waals surface area contributed by atoms with Gasteiger partial charge in [0, 0.05) is 0 Å². The van der Waals surface area contributed by atoms with Crippen molar-refractivity contribution in [3.8, 4) is 0 Å². The van der Waals surface area contributed by atoms with Crippen LogP contribution in [0.25, 0.3) is 0 Å². The lowest BCUT2D eigenvalue weighted by Crippen LogP contribution is -2.36. The Bertz CT molecular complexity index is 376. The zero-order valence-electron chi connectivity index (χ0n) is 10.5. The molecule has 0 saturated heterocycles. The molecule has 3 heteroatoms. The van der Waals surface area contributed by atoms with Crippen LogP contribution >= 0.6 is 12.4 Å². The van der Waals surface area contributed by atoms with Crippen molar-refractivity contribution in [2.24, 2.45) is 11.7 Å². The van der Waals surface area contributed by atoms with E-state index in [-0.39, 0.29) is 24.6 Å². The minimum absolute atomic E-state index is 0. The van der Waals surface area contributed by atoms with Crippen molar-refractivity contribution in [1.29, 1.82) is 0 Å². The second-order valence-corrected chi connectivity index (χ2v) is 5.00. The summed E-state index contributed by atoms with van der Waals surface area (Å²) in [5.41, 5.74) is 9.73. The summed E-state index contributed by atoms with van der Waals surface area (Å²) in [5.74, 6) is 0.412. The maximum atomic E-state index is 10.2. The SMILES string of the molecule is Cc1cccc([C@H](N)[C@H](O)C2CCC2)c1C.Cl. The smallest absolute Gasteiger partial charge is 0.0760 e. The summed E-state index contributed by atoms with van der Waals surface area (Å²) in [4.78, 5) is 0. The number of rotatable bonds is 3. The molecule has 0 aliphatic heterocycles. The van der Waals surface area contributed by atoms with Gasteiger partial charge in [0.2, 0.25) is 0 Å². The van der Waals surface area contributed by atoms with Crippen LogP contribution in [0.3, 0.4) is 0 Å². The predicted octanol–water partition coefficient (Wildman–Crippen LogP) is 2.89. The van der Waals surface area contributed by atoms with E-state index in [0.29, 0.717) is 5.92 Å². The largest absolute Gasteiger partial charge is 0.391 e. The predicted molar refractivity (Wildman–Crippen MR) is 73.4 cm³/mol. The molecule has 1 aromatic rings. The molecule has 0 radical (unpaired) electrons. The van der Waals surface area contributed by atoms with Gasteiger partial charge in [0.05, 0.1) is 12.1 Å². The molecule has 1 aliphatic rings. The zero-order chi connectivity index (χ0) is 11.7. The van der Waals surface area contributed by atoms with Gasteiger partial charge in [-0.1, -0.05) is 24.6 Å². The Morgan fingerprint density at radius 1 is 1.29 bits per heavy atom. The summed E-state index contributed by atoms with van der Waals surface area (Å²) < 4.78 is 0. The molecule has 17 heavy (non-hydrogen) atoms. The van der Waals surface area contributed by atoms with E-state index in [1.807, 2.05) is 12.1 Å². The average Bonchev–Trinajstić information content (AvgIpc) is 2.18. The van der Waals surface area contributed by atoms with Crippen LogP contribution in [-0.2, 0) is 0 Å². The molecule has 0 amide bonds.